The van der Waals surface area contributed by atoms with Crippen molar-refractivity contribution in [3.8, 4) is 0 Å². The third kappa shape index (κ3) is 3.58. The van der Waals surface area contributed by atoms with Crippen LogP contribution in [0.3, 0.4) is 0 Å². The second-order valence-electron chi connectivity index (χ2n) is 8.14. The molecule has 0 aliphatic carbocycles. The Labute approximate surface area is 165 Å². The van der Waals surface area contributed by atoms with Crippen LogP contribution in [0.5, 0.6) is 0 Å². The van der Waals surface area contributed by atoms with Crippen molar-refractivity contribution < 1.29 is 4.79 Å². The van der Waals surface area contributed by atoms with Crippen molar-refractivity contribution in [1.29, 1.82) is 0 Å². The zero-order chi connectivity index (χ0) is 19.0. The SMILES string of the molecule is CC1(C)CN(C(=O)CCN2c3ccccc3Sc3ccccc32)CCC1N. The fourth-order valence-corrected chi connectivity index (χ4v) is 5.07. The number of hydrogen-bond donors (Lipinski definition) is 1. The average molecular weight is 382 g/mol. The minimum atomic E-state index is -0.0190. The van der Waals surface area contributed by atoms with Gasteiger partial charge in [0.05, 0.1) is 11.4 Å². The average Bonchev–Trinajstić information content (AvgIpc) is 2.67. The van der Waals surface area contributed by atoms with Crippen molar-refractivity contribution >= 4 is 29.0 Å². The van der Waals surface area contributed by atoms with Crippen LogP contribution in [0.1, 0.15) is 26.7 Å². The van der Waals surface area contributed by atoms with E-state index in [0.717, 1.165) is 19.5 Å². The number of carbonyl (C=O) groups is 1. The Morgan fingerprint density at radius 3 is 2.30 bits per heavy atom. The second-order valence-corrected chi connectivity index (χ2v) is 9.22. The van der Waals surface area contributed by atoms with Gasteiger partial charge in [-0.2, -0.15) is 0 Å². The molecule has 2 aliphatic rings. The van der Waals surface area contributed by atoms with E-state index in [1.807, 2.05) is 4.90 Å². The first-order valence-corrected chi connectivity index (χ1v) is 10.4. The van der Waals surface area contributed by atoms with Gasteiger partial charge in [0.15, 0.2) is 0 Å². The van der Waals surface area contributed by atoms with Gasteiger partial charge in [-0.05, 0) is 36.1 Å². The minimum absolute atomic E-state index is 0.0190. The van der Waals surface area contributed by atoms with Crippen LogP contribution in [-0.2, 0) is 4.79 Å². The van der Waals surface area contributed by atoms with Crippen LogP contribution in [-0.4, -0.2) is 36.5 Å². The van der Waals surface area contributed by atoms with E-state index in [9.17, 15) is 4.79 Å². The van der Waals surface area contributed by atoms with Gasteiger partial charge < -0.3 is 15.5 Å². The Bertz CT molecular complexity index is 805. The smallest absolute Gasteiger partial charge is 0.224 e. The van der Waals surface area contributed by atoms with Crippen LogP contribution < -0.4 is 10.6 Å². The monoisotopic (exact) mass is 381 g/mol. The van der Waals surface area contributed by atoms with Gasteiger partial charge in [0.25, 0.3) is 0 Å². The molecule has 1 saturated heterocycles. The molecule has 4 rings (SSSR count). The van der Waals surface area contributed by atoms with Gasteiger partial charge in [0.2, 0.25) is 5.91 Å². The molecule has 1 unspecified atom stereocenters. The second kappa shape index (κ2) is 7.21. The first-order chi connectivity index (χ1) is 13.0. The molecule has 27 heavy (non-hydrogen) atoms. The zero-order valence-electron chi connectivity index (χ0n) is 16.0. The fourth-order valence-electron chi connectivity index (χ4n) is 3.97. The predicted molar refractivity (Wildman–Crippen MR) is 112 cm³/mol. The van der Waals surface area contributed by atoms with Crippen molar-refractivity contribution in [2.45, 2.75) is 42.5 Å². The number of amides is 1. The van der Waals surface area contributed by atoms with Gasteiger partial charge in [-0.3, -0.25) is 4.79 Å². The number of rotatable bonds is 3. The molecule has 0 radical (unpaired) electrons. The lowest BCUT2D eigenvalue weighted by Gasteiger charge is -2.43. The third-order valence-electron chi connectivity index (χ3n) is 5.75. The van der Waals surface area contributed by atoms with E-state index >= 15 is 0 Å². The highest BCUT2D eigenvalue weighted by Crippen LogP contribution is 2.47. The summed E-state index contributed by atoms with van der Waals surface area (Å²) in [6, 6.07) is 17.0. The summed E-state index contributed by atoms with van der Waals surface area (Å²) >= 11 is 1.80. The van der Waals surface area contributed by atoms with Crippen LogP contribution in [0, 0.1) is 5.41 Å². The number of nitrogens with two attached hydrogens (primary N) is 1. The lowest BCUT2D eigenvalue weighted by molar-refractivity contribution is -0.134. The highest BCUT2D eigenvalue weighted by molar-refractivity contribution is 7.99. The summed E-state index contributed by atoms with van der Waals surface area (Å²) < 4.78 is 0. The Balaban J connectivity index is 1.51. The van der Waals surface area contributed by atoms with Crippen molar-refractivity contribution in [2.75, 3.05) is 24.5 Å². The van der Waals surface area contributed by atoms with Crippen LogP contribution in [0.4, 0.5) is 11.4 Å². The third-order valence-corrected chi connectivity index (χ3v) is 6.88. The maximum absolute atomic E-state index is 12.9. The van der Waals surface area contributed by atoms with Gasteiger partial charge in [-0.25, -0.2) is 0 Å². The summed E-state index contributed by atoms with van der Waals surface area (Å²) in [7, 11) is 0. The topological polar surface area (TPSA) is 49.6 Å². The maximum Gasteiger partial charge on any atom is 0.224 e. The van der Waals surface area contributed by atoms with Gasteiger partial charge >= 0.3 is 0 Å². The van der Waals surface area contributed by atoms with Crippen molar-refractivity contribution in [3.05, 3.63) is 48.5 Å². The summed E-state index contributed by atoms with van der Waals surface area (Å²) in [5.41, 5.74) is 8.58. The highest BCUT2D eigenvalue weighted by atomic mass is 32.2. The van der Waals surface area contributed by atoms with Gasteiger partial charge in [0.1, 0.15) is 0 Å². The molecule has 2 heterocycles. The number of fused-ring (bicyclic) bond motifs is 2. The molecule has 2 N–H and O–H groups in total. The van der Waals surface area contributed by atoms with Gasteiger partial charge in [0, 0.05) is 41.9 Å². The van der Waals surface area contributed by atoms with E-state index in [-0.39, 0.29) is 17.4 Å². The van der Waals surface area contributed by atoms with E-state index in [4.69, 9.17) is 5.73 Å². The Morgan fingerprint density at radius 1 is 1.11 bits per heavy atom. The first-order valence-electron chi connectivity index (χ1n) is 9.62. The Morgan fingerprint density at radius 2 is 1.70 bits per heavy atom. The van der Waals surface area contributed by atoms with Crippen LogP contribution >= 0.6 is 11.8 Å². The van der Waals surface area contributed by atoms with Crippen LogP contribution in [0.25, 0.3) is 0 Å². The summed E-state index contributed by atoms with van der Waals surface area (Å²) in [6.45, 7) is 6.52. The number of hydrogen-bond acceptors (Lipinski definition) is 4. The van der Waals surface area contributed by atoms with Crippen molar-refractivity contribution in [2.24, 2.45) is 11.1 Å². The summed E-state index contributed by atoms with van der Waals surface area (Å²) in [6.07, 6.45) is 1.39. The molecule has 142 valence electrons. The van der Waals surface area contributed by atoms with E-state index in [0.29, 0.717) is 13.0 Å². The molecule has 0 bridgehead atoms. The summed E-state index contributed by atoms with van der Waals surface area (Å²) in [5, 5.41) is 0. The molecular weight excluding hydrogens is 354 g/mol. The molecule has 1 amide bonds. The van der Waals surface area contributed by atoms with E-state index < -0.39 is 0 Å². The number of anilines is 2. The van der Waals surface area contributed by atoms with Crippen LogP contribution in [0.2, 0.25) is 0 Å². The van der Waals surface area contributed by atoms with Gasteiger partial charge in [-0.15, -0.1) is 0 Å². The van der Waals surface area contributed by atoms with Crippen molar-refractivity contribution in [1.82, 2.24) is 4.90 Å². The lowest BCUT2D eigenvalue weighted by Crippen LogP contribution is -2.54. The molecule has 0 saturated carbocycles. The van der Waals surface area contributed by atoms with E-state index in [1.54, 1.807) is 11.8 Å². The molecule has 5 heteroatoms. The fraction of sp³-hybridized carbons (Fsp3) is 0.409. The standard InChI is InChI=1S/C22H27N3OS/c1-22(2)15-24(13-11-20(22)23)21(26)12-14-25-16-7-3-5-9-18(16)27-19-10-6-4-8-17(19)25/h3-10,20H,11-15,23H2,1-2H3. The molecule has 2 aliphatic heterocycles. The minimum Gasteiger partial charge on any atom is -0.342 e. The number of nitrogens with zero attached hydrogens (tertiary/aromatic N) is 2. The summed E-state index contributed by atoms with van der Waals surface area (Å²) in [5.74, 6) is 0.225. The molecule has 0 spiro atoms. The summed E-state index contributed by atoms with van der Waals surface area (Å²) in [4.78, 5) is 19.7. The van der Waals surface area contributed by atoms with Crippen LogP contribution in [0.15, 0.2) is 58.3 Å². The molecule has 0 aromatic heterocycles. The zero-order valence-corrected chi connectivity index (χ0v) is 16.8. The molecule has 1 fully saturated rings. The number of likely N-dealkylation sites (tertiary alicyclic amines) is 1. The molecule has 2 aromatic rings. The van der Waals surface area contributed by atoms with E-state index in [2.05, 4.69) is 67.3 Å². The Kier molecular flexibility index (Phi) is 4.91. The molecule has 1 atom stereocenters. The largest absolute Gasteiger partial charge is 0.342 e. The number of benzene rings is 2. The quantitative estimate of drug-likeness (QED) is 0.863. The van der Waals surface area contributed by atoms with Gasteiger partial charge in [-0.1, -0.05) is 49.9 Å². The molecular formula is C22H27N3OS. The Hall–Kier alpha value is -1.98. The number of para-hydroxylation sites is 2. The lowest BCUT2D eigenvalue weighted by atomic mass is 9.79. The van der Waals surface area contributed by atoms with E-state index in [1.165, 1.54) is 21.2 Å². The maximum atomic E-state index is 12.9. The predicted octanol–water partition coefficient (Wildman–Crippen LogP) is 4.27. The normalized spacial score (nSPS) is 20.8. The first kappa shape index (κ1) is 18.4. The highest BCUT2D eigenvalue weighted by Gasteiger charge is 2.35. The number of carbonyl (C=O) groups excluding carboxylic acids is 1. The van der Waals surface area contributed by atoms with Crippen molar-refractivity contribution in [3.63, 3.8) is 0 Å². The molecule has 4 nitrogen and oxygen atoms in total. The number of piperidine rings is 1. The molecule has 2 aromatic carbocycles.